The molecule has 7 nitrogen and oxygen atoms in total. The van der Waals surface area contributed by atoms with Gasteiger partial charge in [-0.15, -0.1) is 0 Å². The van der Waals surface area contributed by atoms with Gasteiger partial charge in [-0.2, -0.15) is 0 Å². The Bertz CT molecular complexity index is 673. The van der Waals surface area contributed by atoms with Gasteiger partial charge in [0.05, 0.1) is 18.0 Å². The van der Waals surface area contributed by atoms with Gasteiger partial charge in [0.1, 0.15) is 12.4 Å². The van der Waals surface area contributed by atoms with E-state index in [0.29, 0.717) is 37.4 Å². The number of methoxy groups -OCH3 is 1. The molecule has 4 N–H and O–H groups in total. The average molecular weight is 432 g/mol. The van der Waals surface area contributed by atoms with E-state index in [1.807, 2.05) is 0 Å². The molecule has 4 rings (SSSR count). The number of nitrogens with zero attached hydrogens (tertiary/aromatic N) is 1. The first kappa shape index (κ1) is 22.9. The zero-order valence-corrected chi connectivity index (χ0v) is 19.1. The molecule has 0 spiro atoms. The molecule has 4 atom stereocenters. The Labute approximate surface area is 187 Å². The molecule has 1 aromatic rings. The Morgan fingerprint density at radius 2 is 1.35 bits per heavy atom. The molecule has 7 heteroatoms. The quantitative estimate of drug-likeness (QED) is 0.544. The third-order valence-corrected chi connectivity index (χ3v) is 7.08. The van der Waals surface area contributed by atoms with Gasteiger partial charge in [-0.25, -0.2) is 0 Å². The summed E-state index contributed by atoms with van der Waals surface area (Å²) in [5.74, 6) is 0.871. The van der Waals surface area contributed by atoms with Crippen molar-refractivity contribution in [3.63, 3.8) is 0 Å². The van der Waals surface area contributed by atoms with Crippen LogP contribution in [0.1, 0.15) is 62.8 Å². The first-order chi connectivity index (χ1) is 15.3. The summed E-state index contributed by atoms with van der Waals surface area (Å²) in [6, 6.07) is 6.27. The maximum atomic E-state index is 5.99. The lowest BCUT2D eigenvalue weighted by molar-refractivity contribution is 0.145. The van der Waals surface area contributed by atoms with Gasteiger partial charge < -0.3 is 30.7 Å². The van der Waals surface area contributed by atoms with Crippen LogP contribution in [0.3, 0.4) is 0 Å². The maximum Gasteiger partial charge on any atom is 0.142 e. The molecule has 174 valence electrons. The van der Waals surface area contributed by atoms with Crippen molar-refractivity contribution in [2.45, 2.75) is 88.6 Å². The molecule has 1 aromatic heterocycles. The van der Waals surface area contributed by atoms with Gasteiger partial charge in [-0.1, -0.05) is 25.7 Å². The van der Waals surface area contributed by atoms with Crippen LogP contribution in [0.5, 0.6) is 5.75 Å². The van der Waals surface area contributed by atoms with Crippen LogP contribution in [0.2, 0.25) is 0 Å². The van der Waals surface area contributed by atoms with Crippen molar-refractivity contribution in [3.05, 3.63) is 23.5 Å². The van der Waals surface area contributed by atoms with Crippen molar-refractivity contribution < 1.29 is 9.47 Å². The van der Waals surface area contributed by atoms with Crippen LogP contribution in [0.4, 0.5) is 0 Å². The molecule has 2 fully saturated rings. The summed E-state index contributed by atoms with van der Waals surface area (Å²) in [6.45, 7) is 4.74. The Balaban J connectivity index is 1.51. The molecule has 0 amide bonds. The number of nitrogens with one attached hydrogen (secondary N) is 4. The molecular formula is C24H41N5O2. The van der Waals surface area contributed by atoms with Crippen molar-refractivity contribution in [2.24, 2.45) is 0 Å². The molecule has 2 bridgehead atoms. The topological polar surface area (TPSA) is 79.5 Å². The minimum absolute atomic E-state index is 0.483. The van der Waals surface area contributed by atoms with E-state index in [1.54, 1.807) is 7.11 Å². The van der Waals surface area contributed by atoms with Crippen LogP contribution in [0.15, 0.2) is 12.1 Å². The number of fused-ring (bicyclic) bond motifs is 4. The van der Waals surface area contributed by atoms with Crippen molar-refractivity contribution in [3.8, 4) is 5.75 Å². The summed E-state index contributed by atoms with van der Waals surface area (Å²) in [6.07, 6.45) is 10.2. The first-order valence-electron chi connectivity index (χ1n) is 12.4. The van der Waals surface area contributed by atoms with Crippen LogP contribution < -0.4 is 26.0 Å². The fourth-order valence-electron chi connectivity index (χ4n) is 5.34. The van der Waals surface area contributed by atoms with Gasteiger partial charge in [-0.05, 0) is 37.8 Å². The van der Waals surface area contributed by atoms with E-state index in [1.165, 1.54) is 51.4 Å². The monoisotopic (exact) mass is 431 g/mol. The second-order valence-electron chi connectivity index (χ2n) is 9.25. The Kier molecular flexibility index (Phi) is 8.96. The zero-order valence-electron chi connectivity index (χ0n) is 19.1. The Morgan fingerprint density at radius 1 is 0.774 bits per heavy atom. The van der Waals surface area contributed by atoms with Crippen molar-refractivity contribution in [1.29, 1.82) is 0 Å². The lowest BCUT2D eigenvalue weighted by atomic mass is 9.89. The largest absolute Gasteiger partial charge is 0.489 e. The van der Waals surface area contributed by atoms with E-state index in [0.717, 1.165) is 43.3 Å². The van der Waals surface area contributed by atoms with Gasteiger partial charge in [-0.3, -0.25) is 4.98 Å². The summed E-state index contributed by atoms with van der Waals surface area (Å²) < 4.78 is 11.2. The second-order valence-corrected chi connectivity index (χ2v) is 9.25. The van der Waals surface area contributed by atoms with E-state index < -0.39 is 0 Å². The highest BCUT2D eigenvalue weighted by Crippen LogP contribution is 2.23. The third-order valence-electron chi connectivity index (χ3n) is 7.08. The first-order valence-corrected chi connectivity index (χ1v) is 12.4. The summed E-state index contributed by atoms with van der Waals surface area (Å²) in [5, 5.41) is 15.3. The standard InChI is InChI=1S/C24H41N5O2/c1-30-14-15-31-24-11-10-18-16-27-21-8-4-2-6-19(21)25-12-13-26-20-7-3-5-9-22(20)28-17-23(24)29-18/h10-11,19-22,25-28H,2-9,12-17H2,1H3/t19-,20-,21-,22-/m1/s1. The molecule has 31 heavy (non-hydrogen) atoms. The second kappa shape index (κ2) is 12.1. The van der Waals surface area contributed by atoms with E-state index in [4.69, 9.17) is 14.5 Å². The van der Waals surface area contributed by atoms with Gasteiger partial charge in [0.25, 0.3) is 0 Å². The van der Waals surface area contributed by atoms with E-state index in [2.05, 4.69) is 33.4 Å². The van der Waals surface area contributed by atoms with Crippen molar-refractivity contribution >= 4 is 0 Å². The molecule has 1 aliphatic heterocycles. The van der Waals surface area contributed by atoms with E-state index in [-0.39, 0.29) is 0 Å². The molecule has 0 saturated heterocycles. The molecule has 2 saturated carbocycles. The van der Waals surface area contributed by atoms with Crippen LogP contribution >= 0.6 is 0 Å². The van der Waals surface area contributed by atoms with Crippen LogP contribution in [0.25, 0.3) is 0 Å². The highest BCUT2D eigenvalue weighted by molar-refractivity contribution is 5.30. The minimum Gasteiger partial charge on any atom is -0.489 e. The number of rotatable bonds is 4. The summed E-state index contributed by atoms with van der Waals surface area (Å²) >= 11 is 0. The lowest BCUT2D eigenvalue weighted by Gasteiger charge is -2.34. The van der Waals surface area contributed by atoms with E-state index >= 15 is 0 Å². The van der Waals surface area contributed by atoms with Crippen LogP contribution in [0, 0.1) is 0 Å². The summed E-state index contributed by atoms with van der Waals surface area (Å²) in [7, 11) is 1.70. The lowest BCUT2D eigenvalue weighted by Crippen LogP contribution is -2.53. The fraction of sp³-hybridized carbons (Fsp3) is 0.792. The molecule has 2 aliphatic carbocycles. The van der Waals surface area contributed by atoms with Crippen LogP contribution in [-0.2, 0) is 17.8 Å². The molecule has 3 aliphatic rings. The SMILES string of the molecule is COCCOc1ccc2nc1CN[C@@H]1CCCC[C@H]1NCCN[C@@H]1CCCC[C@H]1NC2. The van der Waals surface area contributed by atoms with Gasteiger partial charge in [0.15, 0.2) is 0 Å². The highest BCUT2D eigenvalue weighted by atomic mass is 16.5. The Morgan fingerprint density at radius 3 is 1.97 bits per heavy atom. The number of pyridine rings is 1. The predicted octanol–water partition coefficient (Wildman–Crippen LogP) is 2.10. The summed E-state index contributed by atoms with van der Waals surface area (Å²) in [4.78, 5) is 5.01. The average Bonchev–Trinajstić information content (AvgIpc) is 2.81. The highest BCUT2D eigenvalue weighted by Gasteiger charge is 2.27. The van der Waals surface area contributed by atoms with Gasteiger partial charge in [0, 0.05) is 57.5 Å². The maximum absolute atomic E-state index is 5.99. The van der Waals surface area contributed by atoms with Gasteiger partial charge in [0.2, 0.25) is 0 Å². The van der Waals surface area contributed by atoms with Crippen LogP contribution in [-0.4, -0.2) is 62.6 Å². The van der Waals surface area contributed by atoms with Crippen molar-refractivity contribution in [1.82, 2.24) is 26.3 Å². The number of ether oxygens (including phenoxy) is 2. The summed E-state index contributed by atoms with van der Waals surface area (Å²) in [5.41, 5.74) is 2.10. The van der Waals surface area contributed by atoms with E-state index in [9.17, 15) is 0 Å². The number of hydrogen-bond donors (Lipinski definition) is 4. The minimum atomic E-state index is 0.483. The van der Waals surface area contributed by atoms with Crippen molar-refractivity contribution in [2.75, 3.05) is 33.4 Å². The molecule has 0 aromatic carbocycles. The molecule has 2 heterocycles. The normalized spacial score (nSPS) is 30.4. The molecule has 0 radical (unpaired) electrons. The third kappa shape index (κ3) is 6.62. The number of aromatic nitrogens is 1. The fourth-order valence-corrected chi connectivity index (χ4v) is 5.34. The molecular weight excluding hydrogens is 390 g/mol. The predicted molar refractivity (Wildman–Crippen MR) is 123 cm³/mol. The van der Waals surface area contributed by atoms with Gasteiger partial charge >= 0.3 is 0 Å². The number of hydrogen-bond acceptors (Lipinski definition) is 7. The zero-order chi connectivity index (χ0) is 21.3. The molecule has 0 unspecified atom stereocenters. The Hall–Kier alpha value is -1.25. The smallest absolute Gasteiger partial charge is 0.142 e.